The molecule has 0 aliphatic carbocycles. The fraction of sp³-hybridized carbons (Fsp3) is 0.667. The molecule has 38 heavy (non-hydrogen) atoms. The average Bonchev–Trinajstić information content (AvgIpc) is 2.96. The van der Waals surface area contributed by atoms with Crippen molar-refractivity contribution in [3.63, 3.8) is 0 Å². The highest BCUT2D eigenvalue weighted by molar-refractivity contribution is 7.65. The van der Waals surface area contributed by atoms with Crippen molar-refractivity contribution in [2.45, 2.75) is 128 Å². The summed E-state index contributed by atoms with van der Waals surface area (Å²) in [5, 5.41) is 3.32. The van der Waals surface area contributed by atoms with Gasteiger partial charge >= 0.3 is 0 Å². The van der Waals surface area contributed by atoms with Gasteiger partial charge in [-0.05, 0) is 60.9 Å². The summed E-state index contributed by atoms with van der Waals surface area (Å²) in [5.74, 6) is 0. The molecular formula is C36H58P2. The standard InChI is InChI=1S/C36H58P2/c1-2-6-10-14-24-32-38(36-29-21-18-22-30-36)34-26-16-12-8-4-3-7-11-15-25-33-37(31-23-13-9-5-1)35-27-19-17-20-28-35/h17-22,27-30H,1-16,23-26,31-34H2. The second-order valence-electron chi connectivity index (χ2n) is 11.7. The predicted molar refractivity (Wildman–Crippen MR) is 178 cm³/mol. The van der Waals surface area contributed by atoms with E-state index in [2.05, 4.69) is 60.7 Å². The lowest BCUT2D eigenvalue weighted by molar-refractivity contribution is 0.561. The third-order valence-electron chi connectivity index (χ3n) is 8.45. The summed E-state index contributed by atoms with van der Waals surface area (Å²) in [6.07, 6.45) is 35.0. The first-order chi connectivity index (χ1) is 18.9. The molecule has 1 aliphatic rings. The summed E-state index contributed by atoms with van der Waals surface area (Å²) >= 11 is 0. The third-order valence-corrected chi connectivity index (χ3v) is 13.9. The van der Waals surface area contributed by atoms with Crippen LogP contribution in [0.2, 0.25) is 0 Å². The molecule has 0 N–H and O–H groups in total. The number of benzene rings is 2. The van der Waals surface area contributed by atoms with Gasteiger partial charge in [0.1, 0.15) is 0 Å². The first-order valence-corrected chi connectivity index (χ1v) is 20.0. The molecule has 0 aromatic heterocycles. The lowest BCUT2D eigenvalue weighted by atomic mass is 10.1. The SMILES string of the molecule is c1ccc(P2CCCCCCCCCCCCP(c3ccccc3)CCCCCCCCCCCC2)cc1. The quantitative estimate of drug-likeness (QED) is 0.325. The highest BCUT2D eigenvalue weighted by Gasteiger charge is 2.11. The zero-order valence-electron chi connectivity index (χ0n) is 24.6. The molecule has 1 fully saturated rings. The van der Waals surface area contributed by atoms with Crippen LogP contribution in [-0.2, 0) is 0 Å². The van der Waals surface area contributed by atoms with Gasteiger partial charge in [-0.3, -0.25) is 0 Å². The Labute approximate surface area is 239 Å². The van der Waals surface area contributed by atoms with E-state index in [0.29, 0.717) is 0 Å². The van der Waals surface area contributed by atoms with Gasteiger partial charge in [-0.1, -0.05) is 179 Å². The van der Waals surface area contributed by atoms with E-state index in [1.807, 2.05) is 0 Å². The molecule has 0 bridgehead atoms. The summed E-state index contributed by atoms with van der Waals surface area (Å²) in [7, 11) is 0.124. The Hall–Kier alpha value is -0.700. The molecule has 1 aliphatic heterocycles. The molecule has 3 rings (SSSR count). The van der Waals surface area contributed by atoms with Crippen LogP contribution in [0.4, 0.5) is 0 Å². The van der Waals surface area contributed by atoms with Gasteiger partial charge < -0.3 is 0 Å². The van der Waals surface area contributed by atoms with Crippen molar-refractivity contribution in [3.05, 3.63) is 60.7 Å². The Bertz CT molecular complexity index is 679. The molecule has 0 saturated carbocycles. The Morgan fingerprint density at radius 1 is 0.263 bits per heavy atom. The number of hydrogen-bond acceptors (Lipinski definition) is 0. The lowest BCUT2D eigenvalue weighted by Gasteiger charge is -2.18. The van der Waals surface area contributed by atoms with Crippen LogP contribution in [0.1, 0.15) is 128 Å². The second-order valence-corrected chi connectivity index (χ2v) is 16.7. The van der Waals surface area contributed by atoms with E-state index in [9.17, 15) is 0 Å². The fourth-order valence-electron chi connectivity index (χ4n) is 6.06. The molecule has 2 heteroatoms. The minimum absolute atomic E-state index is 0.0619. The molecule has 1 heterocycles. The van der Waals surface area contributed by atoms with Crippen molar-refractivity contribution in [2.75, 3.05) is 24.6 Å². The lowest BCUT2D eigenvalue weighted by Crippen LogP contribution is -2.06. The van der Waals surface area contributed by atoms with Gasteiger partial charge in [0, 0.05) is 0 Å². The van der Waals surface area contributed by atoms with Crippen molar-refractivity contribution in [2.24, 2.45) is 0 Å². The fourth-order valence-corrected chi connectivity index (χ4v) is 11.1. The number of rotatable bonds is 2. The Kier molecular flexibility index (Phi) is 18.5. The monoisotopic (exact) mass is 552 g/mol. The van der Waals surface area contributed by atoms with Crippen LogP contribution >= 0.6 is 15.8 Å². The summed E-state index contributed by atoms with van der Waals surface area (Å²) in [4.78, 5) is 0. The normalized spacial score (nSPS) is 23.9. The van der Waals surface area contributed by atoms with Crippen molar-refractivity contribution in [3.8, 4) is 0 Å². The molecule has 0 amide bonds. The van der Waals surface area contributed by atoms with Gasteiger partial charge in [0.2, 0.25) is 0 Å². The van der Waals surface area contributed by atoms with E-state index in [-0.39, 0.29) is 15.8 Å². The highest BCUT2D eigenvalue weighted by Crippen LogP contribution is 2.38. The van der Waals surface area contributed by atoms with Crippen LogP contribution in [-0.4, -0.2) is 24.6 Å². The summed E-state index contributed by atoms with van der Waals surface area (Å²) in [5.41, 5.74) is 0. The second kappa shape index (κ2) is 22.0. The first kappa shape index (κ1) is 31.8. The molecule has 0 radical (unpaired) electrons. The zero-order chi connectivity index (χ0) is 26.4. The van der Waals surface area contributed by atoms with Crippen molar-refractivity contribution >= 4 is 26.5 Å². The Morgan fingerprint density at radius 3 is 0.711 bits per heavy atom. The first-order valence-electron chi connectivity index (χ1n) is 16.5. The smallest absolute Gasteiger partial charge is 0.0240 e. The molecule has 212 valence electrons. The Balaban J connectivity index is 1.40. The molecular weight excluding hydrogens is 494 g/mol. The van der Waals surface area contributed by atoms with Gasteiger partial charge in [0.05, 0.1) is 0 Å². The zero-order valence-corrected chi connectivity index (χ0v) is 26.4. The van der Waals surface area contributed by atoms with Crippen LogP contribution < -0.4 is 10.6 Å². The van der Waals surface area contributed by atoms with Gasteiger partial charge in [0.25, 0.3) is 0 Å². The maximum absolute atomic E-state index is 2.41. The molecule has 0 nitrogen and oxygen atoms in total. The topological polar surface area (TPSA) is 0 Å². The molecule has 2 aromatic rings. The largest absolute Gasteiger partial charge is 0.0753 e. The van der Waals surface area contributed by atoms with Crippen molar-refractivity contribution in [1.82, 2.24) is 0 Å². The van der Waals surface area contributed by atoms with E-state index in [1.165, 1.54) is 153 Å². The minimum Gasteiger partial charge on any atom is -0.0753 e. The average molecular weight is 553 g/mol. The van der Waals surface area contributed by atoms with Crippen molar-refractivity contribution in [1.29, 1.82) is 0 Å². The molecule has 0 spiro atoms. The maximum atomic E-state index is 2.41. The van der Waals surface area contributed by atoms with Gasteiger partial charge in [-0.25, -0.2) is 0 Å². The van der Waals surface area contributed by atoms with Crippen LogP contribution in [0.15, 0.2) is 60.7 Å². The van der Waals surface area contributed by atoms with E-state index in [4.69, 9.17) is 0 Å². The van der Waals surface area contributed by atoms with Crippen LogP contribution in [0.25, 0.3) is 0 Å². The molecule has 0 unspecified atom stereocenters. The van der Waals surface area contributed by atoms with E-state index < -0.39 is 0 Å². The summed E-state index contributed by atoms with van der Waals surface area (Å²) < 4.78 is 0. The van der Waals surface area contributed by atoms with Crippen LogP contribution in [0, 0.1) is 0 Å². The van der Waals surface area contributed by atoms with Gasteiger partial charge in [0.15, 0.2) is 0 Å². The van der Waals surface area contributed by atoms with E-state index in [1.54, 1.807) is 10.6 Å². The number of hydrogen-bond donors (Lipinski definition) is 0. The minimum atomic E-state index is 0.0619. The summed E-state index contributed by atoms with van der Waals surface area (Å²) in [6, 6.07) is 23.1. The van der Waals surface area contributed by atoms with Crippen LogP contribution in [0.5, 0.6) is 0 Å². The highest BCUT2D eigenvalue weighted by atomic mass is 31.1. The van der Waals surface area contributed by atoms with Crippen LogP contribution in [0.3, 0.4) is 0 Å². The van der Waals surface area contributed by atoms with Gasteiger partial charge in [-0.2, -0.15) is 0 Å². The maximum Gasteiger partial charge on any atom is -0.0240 e. The summed E-state index contributed by atoms with van der Waals surface area (Å²) in [6.45, 7) is 0. The Morgan fingerprint density at radius 2 is 0.474 bits per heavy atom. The van der Waals surface area contributed by atoms with Gasteiger partial charge in [-0.15, -0.1) is 0 Å². The van der Waals surface area contributed by atoms with E-state index >= 15 is 0 Å². The third kappa shape index (κ3) is 14.6. The van der Waals surface area contributed by atoms with Crippen molar-refractivity contribution < 1.29 is 0 Å². The molecule has 2 aromatic carbocycles. The van der Waals surface area contributed by atoms with E-state index in [0.717, 1.165) is 0 Å². The molecule has 0 atom stereocenters. The predicted octanol–water partition coefficient (Wildman–Crippen LogP) is 11.4. The molecule has 1 saturated heterocycles.